The fourth-order valence-corrected chi connectivity index (χ4v) is 2.04. The number of halogens is 2. The van der Waals surface area contributed by atoms with Crippen LogP contribution in [0.5, 0.6) is 0 Å². The second-order valence-electron chi connectivity index (χ2n) is 4.12. The molecule has 20 heavy (non-hydrogen) atoms. The number of nitrogens with two attached hydrogens (primary N) is 1. The Hall–Kier alpha value is -2.14. The monoisotopic (exact) mass is 293 g/mol. The first kappa shape index (κ1) is 14.3. The largest absolute Gasteiger partial charge is 0.384 e. The summed E-state index contributed by atoms with van der Waals surface area (Å²) < 4.78 is 13.3. The molecule has 1 amide bonds. The van der Waals surface area contributed by atoms with Crippen LogP contribution >= 0.6 is 11.6 Å². The molecule has 0 bridgehead atoms. The zero-order valence-corrected chi connectivity index (χ0v) is 11.6. The van der Waals surface area contributed by atoms with Gasteiger partial charge < -0.3 is 10.6 Å². The van der Waals surface area contributed by atoms with Gasteiger partial charge in [0, 0.05) is 18.4 Å². The summed E-state index contributed by atoms with van der Waals surface area (Å²) in [4.78, 5) is 17.7. The molecule has 0 saturated heterocycles. The summed E-state index contributed by atoms with van der Waals surface area (Å²) in [5.41, 5.74) is 6.27. The number of aromatic nitrogens is 1. The molecule has 6 heteroatoms. The molecule has 0 radical (unpaired) electrons. The van der Waals surface area contributed by atoms with Gasteiger partial charge in [-0.25, -0.2) is 9.37 Å². The Morgan fingerprint density at radius 1 is 1.45 bits per heavy atom. The van der Waals surface area contributed by atoms with Gasteiger partial charge in [-0.05, 0) is 31.2 Å². The third-order valence-electron chi connectivity index (χ3n) is 2.79. The molecule has 0 spiro atoms. The first-order valence-electron chi connectivity index (χ1n) is 6.01. The number of benzene rings is 1. The Morgan fingerprint density at radius 3 is 2.85 bits per heavy atom. The van der Waals surface area contributed by atoms with Crippen LogP contribution in [0.3, 0.4) is 0 Å². The zero-order chi connectivity index (χ0) is 14.7. The molecule has 0 unspecified atom stereocenters. The lowest BCUT2D eigenvalue weighted by atomic mass is 10.2. The summed E-state index contributed by atoms with van der Waals surface area (Å²) >= 11 is 5.97. The average molecular weight is 294 g/mol. The molecule has 0 aliphatic rings. The van der Waals surface area contributed by atoms with E-state index in [1.165, 1.54) is 29.3 Å². The lowest BCUT2D eigenvalue weighted by Gasteiger charge is -2.21. The van der Waals surface area contributed by atoms with Gasteiger partial charge in [0.2, 0.25) is 0 Å². The number of anilines is 2. The van der Waals surface area contributed by atoms with E-state index in [1.807, 2.05) is 0 Å². The molecule has 1 heterocycles. The molecule has 4 nitrogen and oxygen atoms in total. The lowest BCUT2D eigenvalue weighted by Crippen LogP contribution is -2.31. The number of pyridine rings is 1. The molecule has 0 aliphatic carbocycles. The molecule has 0 atom stereocenters. The summed E-state index contributed by atoms with van der Waals surface area (Å²) in [6.07, 6.45) is 1.32. The normalized spacial score (nSPS) is 10.3. The van der Waals surface area contributed by atoms with Crippen molar-refractivity contribution >= 4 is 29.0 Å². The number of nitrogens with zero attached hydrogens (tertiary/aromatic N) is 2. The molecule has 2 N–H and O–H groups in total. The molecule has 0 aliphatic heterocycles. The van der Waals surface area contributed by atoms with E-state index in [0.29, 0.717) is 12.2 Å². The molecular weight excluding hydrogens is 281 g/mol. The summed E-state index contributed by atoms with van der Waals surface area (Å²) in [5.74, 6) is -0.556. The van der Waals surface area contributed by atoms with Crippen molar-refractivity contribution < 1.29 is 9.18 Å². The van der Waals surface area contributed by atoms with Gasteiger partial charge in [-0.15, -0.1) is 0 Å². The highest BCUT2D eigenvalue weighted by Crippen LogP contribution is 2.23. The number of hydrogen-bond acceptors (Lipinski definition) is 3. The third kappa shape index (κ3) is 2.88. The second-order valence-corrected chi connectivity index (χ2v) is 4.53. The maximum Gasteiger partial charge on any atom is 0.259 e. The van der Waals surface area contributed by atoms with Crippen LogP contribution in [-0.4, -0.2) is 17.4 Å². The number of rotatable bonds is 3. The van der Waals surface area contributed by atoms with E-state index < -0.39 is 5.82 Å². The summed E-state index contributed by atoms with van der Waals surface area (Å²) in [7, 11) is 0. The van der Waals surface area contributed by atoms with Gasteiger partial charge in [0.25, 0.3) is 5.91 Å². The minimum absolute atomic E-state index is 0.202. The van der Waals surface area contributed by atoms with E-state index in [9.17, 15) is 9.18 Å². The molecule has 1 aromatic heterocycles. The Morgan fingerprint density at radius 2 is 2.20 bits per heavy atom. The molecule has 104 valence electrons. The maximum atomic E-state index is 13.3. The molecular formula is C14H13ClFN3O. The predicted molar refractivity (Wildman–Crippen MR) is 77.4 cm³/mol. The number of hydrogen-bond donors (Lipinski definition) is 1. The molecule has 1 aromatic carbocycles. The van der Waals surface area contributed by atoms with E-state index >= 15 is 0 Å². The third-order valence-corrected chi connectivity index (χ3v) is 3.09. The minimum atomic E-state index is -0.408. The second kappa shape index (κ2) is 5.88. The summed E-state index contributed by atoms with van der Waals surface area (Å²) in [6, 6.07) is 7.22. The van der Waals surface area contributed by atoms with Gasteiger partial charge >= 0.3 is 0 Å². The number of amides is 1. The van der Waals surface area contributed by atoms with Crippen LogP contribution in [0, 0.1) is 5.82 Å². The topological polar surface area (TPSA) is 59.2 Å². The van der Waals surface area contributed by atoms with Crippen LogP contribution in [0.2, 0.25) is 5.02 Å². The van der Waals surface area contributed by atoms with Crippen LogP contribution < -0.4 is 10.6 Å². The van der Waals surface area contributed by atoms with E-state index in [1.54, 1.807) is 19.1 Å². The number of carbonyl (C=O) groups excluding carboxylic acids is 1. The first-order valence-corrected chi connectivity index (χ1v) is 6.39. The molecule has 0 saturated carbocycles. The van der Waals surface area contributed by atoms with Crippen LogP contribution in [0.4, 0.5) is 15.9 Å². The van der Waals surface area contributed by atoms with Gasteiger partial charge in [-0.3, -0.25) is 4.79 Å². The van der Waals surface area contributed by atoms with E-state index in [-0.39, 0.29) is 22.3 Å². The van der Waals surface area contributed by atoms with Gasteiger partial charge in [0.05, 0.1) is 10.6 Å². The van der Waals surface area contributed by atoms with Crippen molar-refractivity contribution in [3.05, 3.63) is 52.9 Å². The van der Waals surface area contributed by atoms with Gasteiger partial charge in [0.15, 0.2) is 0 Å². The van der Waals surface area contributed by atoms with Gasteiger partial charge in [-0.2, -0.15) is 0 Å². The van der Waals surface area contributed by atoms with E-state index in [4.69, 9.17) is 17.3 Å². The Balaban J connectivity index is 2.41. The molecule has 2 rings (SSSR count). The Labute approximate surface area is 121 Å². The fourth-order valence-electron chi connectivity index (χ4n) is 1.85. The van der Waals surface area contributed by atoms with Crippen molar-refractivity contribution in [1.82, 2.24) is 4.98 Å². The van der Waals surface area contributed by atoms with Crippen LogP contribution in [0.1, 0.15) is 17.3 Å². The maximum absolute atomic E-state index is 13.3. The van der Waals surface area contributed by atoms with Gasteiger partial charge in [0.1, 0.15) is 11.6 Å². The fraction of sp³-hybridized carbons (Fsp3) is 0.143. The lowest BCUT2D eigenvalue weighted by molar-refractivity contribution is 0.0988. The minimum Gasteiger partial charge on any atom is -0.384 e. The SMILES string of the molecule is CCN(C(=O)c1cc(N)ncc1Cl)c1cccc(F)c1. The van der Waals surface area contributed by atoms with Crippen molar-refractivity contribution in [2.45, 2.75) is 6.92 Å². The van der Waals surface area contributed by atoms with Crippen molar-refractivity contribution in [3.63, 3.8) is 0 Å². The van der Waals surface area contributed by atoms with Crippen LogP contribution in [-0.2, 0) is 0 Å². The average Bonchev–Trinajstić information content (AvgIpc) is 2.42. The van der Waals surface area contributed by atoms with Crippen molar-refractivity contribution in [1.29, 1.82) is 0 Å². The Kier molecular flexibility index (Phi) is 4.20. The highest BCUT2D eigenvalue weighted by Gasteiger charge is 2.19. The summed E-state index contributed by atoms with van der Waals surface area (Å²) in [5, 5.41) is 0.207. The van der Waals surface area contributed by atoms with Crippen molar-refractivity contribution in [3.8, 4) is 0 Å². The van der Waals surface area contributed by atoms with E-state index in [2.05, 4.69) is 4.98 Å². The zero-order valence-electron chi connectivity index (χ0n) is 10.8. The highest BCUT2D eigenvalue weighted by molar-refractivity contribution is 6.34. The number of carbonyl (C=O) groups is 1. The van der Waals surface area contributed by atoms with Crippen molar-refractivity contribution in [2.24, 2.45) is 0 Å². The smallest absolute Gasteiger partial charge is 0.259 e. The van der Waals surface area contributed by atoms with Crippen LogP contribution in [0.25, 0.3) is 0 Å². The highest BCUT2D eigenvalue weighted by atomic mass is 35.5. The van der Waals surface area contributed by atoms with E-state index in [0.717, 1.165) is 0 Å². The quantitative estimate of drug-likeness (QED) is 0.946. The standard InChI is InChI=1S/C14H13ClFN3O/c1-2-19(10-5-3-4-9(16)6-10)14(20)11-7-13(17)18-8-12(11)15/h3-8H,2H2,1H3,(H2,17,18). The first-order chi connectivity index (χ1) is 9.52. The molecule has 2 aromatic rings. The Bertz CT molecular complexity index is 648. The number of nitrogen functional groups attached to an aromatic ring is 1. The summed E-state index contributed by atoms with van der Waals surface area (Å²) in [6.45, 7) is 2.17. The molecule has 0 fully saturated rings. The van der Waals surface area contributed by atoms with Crippen LogP contribution in [0.15, 0.2) is 36.5 Å². The van der Waals surface area contributed by atoms with Gasteiger partial charge in [-0.1, -0.05) is 17.7 Å². The van der Waals surface area contributed by atoms with Crippen molar-refractivity contribution in [2.75, 3.05) is 17.2 Å². The predicted octanol–water partition coefficient (Wildman–Crippen LogP) is 3.12.